The second-order valence-electron chi connectivity index (χ2n) is 7.62. The SMILES string of the molecule is CC(C)OC(=O)N1CC(S(=O)(=O)c2ccccc2Cl)CC1C(=O)NC1(C#N)CC1. The lowest BCUT2D eigenvalue weighted by molar-refractivity contribution is -0.125. The highest BCUT2D eigenvalue weighted by molar-refractivity contribution is 7.92. The topological polar surface area (TPSA) is 117 Å². The molecule has 2 fully saturated rings. The Hall–Kier alpha value is -2.31. The van der Waals surface area contributed by atoms with E-state index >= 15 is 0 Å². The van der Waals surface area contributed by atoms with Crippen molar-refractivity contribution in [3.8, 4) is 6.07 Å². The molecule has 1 aromatic rings. The van der Waals surface area contributed by atoms with E-state index in [4.69, 9.17) is 16.3 Å². The second-order valence-corrected chi connectivity index (χ2v) is 10.2. The largest absolute Gasteiger partial charge is 0.447 e. The molecule has 0 radical (unpaired) electrons. The van der Waals surface area contributed by atoms with Gasteiger partial charge in [0.05, 0.1) is 27.3 Å². The maximum Gasteiger partial charge on any atom is 0.410 e. The van der Waals surface area contributed by atoms with Gasteiger partial charge < -0.3 is 10.1 Å². The van der Waals surface area contributed by atoms with E-state index in [0.717, 1.165) is 4.90 Å². The molecule has 3 rings (SSSR count). The molecule has 2 unspecified atom stereocenters. The number of carbonyl (C=O) groups excluding carboxylic acids is 2. The van der Waals surface area contributed by atoms with E-state index in [-0.39, 0.29) is 22.9 Å². The summed E-state index contributed by atoms with van der Waals surface area (Å²) < 4.78 is 31.4. The lowest BCUT2D eigenvalue weighted by Gasteiger charge is -2.25. The molecule has 1 heterocycles. The standard InChI is InChI=1S/C19H22ClN3O5S/c1-12(2)28-18(25)23-10-13(29(26,27)16-6-4-3-5-14(16)20)9-15(23)17(24)22-19(11-21)7-8-19/h3-6,12-13,15H,7-10H2,1-2H3,(H,22,24). The van der Waals surface area contributed by atoms with E-state index in [9.17, 15) is 23.3 Å². The van der Waals surface area contributed by atoms with Crippen LogP contribution in [0.15, 0.2) is 29.2 Å². The van der Waals surface area contributed by atoms with Crippen LogP contribution in [0.3, 0.4) is 0 Å². The first-order valence-corrected chi connectivity index (χ1v) is 11.2. The zero-order valence-electron chi connectivity index (χ0n) is 16.1. The monoisotopic (exact) mass is 439 g/mol. The molecule has 1 aliphatic carbocycles. The van der Waals surface area contributed by atoms with E-state index in [1.54, 1.807) is 26.0 Å². The van der Waals surface area contributed by atoms with E-state index in [0.29, 0.717) is 12.8 Å². The highest BCUT2D eigenvalue weighted by Crippen LogP contribution is 2.36. The van der Waals surface area contributed by atoms with Crippen LogP contribution in [0.4, 0.5) is 4.79 Å². The Bertz CT molecular complexity index is 968. The summed E-state index contributed by atoms with van der Waals surface area (Å²) in [4.78, 5) is 26.4. The summed E-state index contributed by atoms with van der Waals surface area (Å²) in [5.74, 6) is -0.554. The Morgan fingerprint density at radius 3 is 2.55 bits per heavy atom. The van der Waals surface area contributed by atoms with Crippen molar-refractivity contribution in [3.05, 3.63) is 29.3 Å². The molecular weight excluding hydrogens is 418 g/mol. The molecule has 0 spiro atoms. The van der Waals surface area contributed by atoms with Crippen molar-refractivity contribution in [1.82, 2.24) is 10.2 Å². The van der Waals surface area contributed by atoms with Crippen molar-refractivity contribution in [1.29, 1.82) is 5.26 Å². The summed E-state index contributed by atoms with van der Waals surface area (Å²) in [5, 5.41) is 10.9. The third-order valence-corrected chi connectivity index (χ3v) is 7.67. The summed E-state index contributed by atoms with van der Waals surface area (Å²) in [7, 11) is -3.89. The van der Waals surface area contributed by atoms with Gasteiger partial charge >= 0.3 is 6.09 Å². The Labute approximate surface area is 174 Å². The Morgan fingerprint density at radius 2 is 2.00 bits per heavy atom. The minimum atomic E-state index is -3.89. The summed E-state index contributed by atoms with van der Waals surface area (Å²) >= 11 is 6.07. The van der Waals surface area contributed by atoms with E-state index in [1.807, 2.05) is 0 Å². The number of nitrogens with zero attached hydrogens (tertiary/aromatic N) is 2. The van der Waals surface area contributed by atoms with Gasteiger partial charge in [0.15, 0.2) is 9.84 Å². The van der Waals surface area contributed by atoms with Crippen molar-refractivity contribution in [2.45, 2.75) is 60.9 Å². The minimum absolute atomic E-state index is 0.0411. The zero-order chi connectivity index (χ0) is 21.4. The smallest absolute Gasteiger partial charge is 0.410 e. The summed E-state index contributed by atoms with van der Waals surface area (Å²) in [5.41, 5.74) is -0.926. The number of likely N-dealkylation sites (tertiary alicyclic amines) is 1. The van der Waals surface area contributed by atoms with E-state index in [2.05, 4.69) is 11.4 Å². The van der Waals surface area contributed by atoms with E-state index < -0.39 is 44.8 Å². The number of hydrogen-bond acceptors (Lipinski definition) is 6. The molecule has 2 atom stereocenters. The third kappa shape index (κ3) is 4.33. The molecule has 10 heteroatoms. The first kappa shape index (κ1) is 21.4. The van der Waals surface area contributed by atoms with Crippen LogP contribution in [0.25, 0.3) is 0 Å². The van der Waals surface area contributed by atoms with Crippen LogP contribution < -0.4 is 5.32 Å². The molecule has 156 valence electrons. The van der Waals surface area contributed by atoms with Crippen molar-refractivity contribution in [2.75, 3.05) is 6.54 Å². The average molecular weight is 440 g/mol. The molecule has 1 aromatic carbocycles. The first-order valence-electron chi connectivity index (χ1n) is 9.28. The number of nitrogens with one attached hydrogen (secondary N) is 1. The number of hydrogen-bond donors (Lipinski definition) is 1. The zero-order valence-corrected chi connectivity index (χ0v) is 17.7. The van der Waals surface area contributed by atoms with Crippen LogP contribution in [0.2, 0.25) is 5.02 Å². The molecule has 2 amide bonds. The van der Waals surface area contributed by atoms with Gasteiger partial charge in [-0.1, -0.05) is 23.7 Å². The number of rotatable bonds is 5. The van der Waals surface area contributed by atoms with Gasteiger partial charge in [-0.2, -0.15) is 5.26 Å². The fourth-order valence-corrected chi connectivity index (χ4v) is 5.52. The summed E-state index contributed by atoms with van der Waals surface area (Å²) in [6.45, 7) is 3.13. The van der Waals surface area contributed by atoms with Crippen LogP contribution in [0.1, 0.15) is 33.1 Å². The number of halogens is 1. The van der Waals surface area contributed by atoms with Crippen LogP contribution >= 0.6 is 11.6 Å². The molecule has 1 aliphatic heterocycles. The van der Waals surface area contributed by atoms with Gasteiger partial charge in [-0.25, -0.2) is 13.2 Å². The van der Waals surface area contributed by atoms with Crippen LogP contribution in [0.5, 0.6) is 0 Å². The number of benzene rings is 1. The van der Waals surface area contributed by atoms with Crippen molar-refractivity contribution < 1.29 is 22.7 Å². The highest BCUT2D eigenvalue weighted by atomic mass is 35.5. The second kappa shape index (κ2) is 7.84. The van der Waals surface area contributed by atoms with Crippen molar-refractivity contribution >= 4 is 33.4 Å². The molecule has 1 saturated carbocycles. The Morgan fingerprint density at radius 1 is 1.34 bits per heavy atom. The minimum Gasteiger partial charge on any atom is -0.447 e. The lowest BCUT2D eigenvalue weighted by atomic mass is 10.2. The number of sulfone groups is 1. The molecule has 1 saturated heterocycles. The fraction of sp³-hybridized carbons (Fsp3) is 0.526. The van der Waals surface area contributed by atoms with Gasteiger partial charge in [0.25, 0.3) is 0 Å². The molecule has 0 aromatic heterocycles. The Kier molecular flexibility index (Phi) is 5.79. The maximum absolute atomic E-state index is 13.1. The number of ether oxygens (including phenoxy) is 1. The predicted octanol–water partition coefficient (Wildman–Crippen LogP) is 2.27. The lowest BCUT2D eigenvalue weighted by Crippen LogP contribution is -2.49. The van der Waals surface area contributed by atoms with Gasteiger partial charge in [-0.15, -0.1) is 0 Å². The van der Waals surface area contributed by atoms with Crippen molar-refractivity contribution in [2.24, 2.45) is 0 Å². The Balaban J connectivity index is 1.88. The molecule has 2 aliphatic rings. The third-order valence-electron chi connectivity index (χ3n) is 5.04. The number of carbonyl (C=O) groups is 2. The van der Waals surface area contributed by atoms with Crippen LogP contribution in [-0.2, 0) is 19.4 Å². The molecule has 8 nitrogen and oxygen atoms in total. The number of amides is 2. The molecular formula is C19H22ClN3O5S. The van der Waals surface area contributed by atoms with Gasteiger partial charge in [-0.3, -0.25) is 9.69 Å². The number of nitriles is 1. The van der Waals surface area contributed by atoms with Gasteiger partial charge in [0, 0.05) is 6.54 Å². The highest BCUT2D eigenvalue weighted by Gasteiger charge is 2.50. The summed E-state index contributed by atoms with van der Waals surface area (Å²) in [6, 6.07) is 7.07. The normalized spacial score (nSPS) is 22.8. The molecule has 29 heavy (non-hydrogen) atoms. The fourth-order valence-electron chi connectivity index (χ4n) is 3.31. The van der Waals surface area contributed by atoms with Gasteiger partial charge in [0.1, 0.15) is 11.6 Å². The quantitative estimate of drug-likeness (QED) is 0.752. The average Bonchev–Trinajstić information content (AvgIpc) is 3.26. The van der Waals surface area contributed by atoms with E-state index in [1.165, 1.54) is 12.1 Å². The van der Waals surface area contributed by atoms with Crippen LogP contribution in [-0.4, -0.2) is 54.8 Å². The first-order chi connectivity index (χ1) is 13.6. The molecule has 1 N–H and O–H groups in total. The van der Waals surface area contributed by atoms with Crippen molar-refractivity contribution in [3.63, 3.8) is 0 Å². The summed E-state index contributed by atoms with van der Waals surface area (Å²) in [6.07, 6.45) is -0.244. The predicted molar refractivity (Wildman–Crippen MR) is 105 cm³/mol. The van der Waals surface area contributed by atoms with Crippen LogP contribution in [0, 0.1) is 11.3 Å². The van der Waals surface area contributed by atoms with Gasteiger partial charge in [-0.05, 0) is 45.2 Å². The molecule has 0 bridgehead atoms. The maximum atomic E-state index is 13.1. The van der Waals surface area contributed by atoms with Gasteiger partial charge in [0.2, 0.25) is 5.91 Å².